The molecule has 1 aromatic heterocycles. The van der Waals surface area contributed by atoms with Crippen molar-refractivity contribution in [2.24, 2.45) is 0 Å². The number of hydrogen-bond acceptors (Lipinski definition) is 5. The maximum absolute atomic E-state index is 12.4. The number of rotatable bonds is 7. The third-order valence-corrected chi connectivity index (χ3v) is 4.19. The molecule has 0 aliphatic carbocycles. The third kappa shape index (κ3) is 4.70. The molecule has 25 heavy (non-hydrogen) atoms. The summed E-state index contributed by atoms with van der Waals surface area (Å²) in [6.07, 6.45) is 4.03. The predicted molar refractivity (Wildman–Crippen MR) is 95.9 cm³/mol. The summed E-state index contributed by atoms with van der Waals surface area (Å²) < 4.78 is 10.9. The fourth-order valence-electron chi connectivity index (χ4n) is 2.82. The van der Waals surface area contributed by atoms with E-state index in [1.165, 1.54) is 0 Å². The van der Waals surface area contributed by atoms with Crippen molar-refractivity contribution >= 4 is 11.7 Å². The highest BCUT2D eigenvalue weighted by Crippen LogP contribution is 2.17. The summed E-state index contributed by atoms with van der Waals surface area (Å²) in [6.45, 7) is 1.94. The van der Waals surface area contributed by atoms with Crippen LogP contribution in [0.2, 0.25) is 0 Å². The van der Waals surface area contributed by atoms with Gasteiger partial charge in [-0.15, -0.1) is 0 Å². The monoisotopic (exact) mass is 341 g/mol. The highest BCUT2D eigenvalue weighted by molar-refractivity contribution is 5.94. The van der Waals surface area contributed by atoms with Crippen molar-refractivity contribution in [2.75, 3.05) is 25.6 Å². The van der Waals surface area contributed by atoms with E-state index in [-0.39, 0.29) is 12.0 Å². The van der Waals surface area contributed by atoms with Gasteiger partial charge in [0.25, 0.3) is 5.91 Å². The van der Waals surface area contributed by atoms with Gasteiger partial charge in [0.05, 0.1) is 13.2 Å². The van der Waals surface area contributed by atoms with Gasteiger partial charge in [-0.3, -0.25) is 4.79 Å². The van der Waals surface area contributed by atoms with Crippen LogP contribution < -0.4 is 15.4 Å². The molecule has 1 aromatic carbocycles. The van der Waals surface area contributed by atoms with E-state index in [9.17, 15) is 4.79 Å². The van der Waals surface area contributed by atoms with Crippen molar-refractivity contribution in [1.29, 1.82) is 0 Å². The second-order valence-electron chi connectivity index (χ2n) is 5.94. The molecule has 1 atom stereocenters. The lowest BCUT2D eigenvalue weighted by Crippen LogP contribution is -2.23. The van der Waals surface area contributed by atoms with E-state index in [0.717, 1.165) is 30.8 Å². The summed E-state index contributed by atoms with van der Waals surface area (Å²) in [5.74, 6) is 1.30. The first-order chi connectivity index (χ1) is 12.3. The van der Waals surface area contributed by atoms with E-state index in [1.807, 2.05) is 24.3 Å². The lowest BCUT2D eigenvalue weighted by atomic mass is 10.2. The molecule has 6 heteroatoms. The Morgan fingerprint density at radius 1 is 1.36 bits per heavy atom. The molecule has 0 radical (unpaired) electrons. The number of anilines is 1. The Morgan fingerprint density at radius 3 is 3.04 bits per heavy atom. The van der Waals surface area contributed by atoms with Crippen LogP contribution in [0.5, 0.6) is 5.75 Å². The first-order valence-electron chi connectivity index (χ1n) is 8.48. The summed E-state index contributed by atoms with van der Waals surface area (Å²) in [7, 11) is 1.62. The molecule has 0 saturated carbocycles. The SMILES string of the molecule is COc1ccccc1CNC(=O)c1ccnc(NCC2CCCO2)c1. The van der Waals surface area contributed by atoms with Crippen LogP contribution in [-0.4, -0.2) is 37.3 Å². The molecule has 2 aromatic rings. The summed E-state index contributed by atoms with van der Waals surface area (Å²) in [5.41, 5.74) is 1.50. The maximum atomic E-state index is 12.4. The first-order valence-corrected chi connectivity index (χ1v) is 8.48. The van der Waals surface area contributed by atoms with Crippen molar-refractivity contribution in [2.45, 2.75) is 25.5 Å². The van der Waals surface area contributed by atoms with Gasteiger partial charge in [0.15, 0.2) is 0 Å². The molecule has 1 aliphatic heterocycles. The standard InChI is InChI=1S/C19H23N3O3/c1-24-17-7-3-2-5-15(17)12-22-19(23)14-8-9-20-18(11-14)21-13-16-6-4-10-25-16/h2-3,5,7-9,11,16H,4,6,10,12-13H2,1H3,(H,20,21)(H,22,23). The van der Waals surface area contributed by atoms with Crippen LogP contribution in [0.25, 0.3) is 0 Å². The van der Waals surface area contributed by atoms with Crippen molar-refractivity contribution < 1.29 is 14.3 Å². The molecule has 0 bridgehead atoms. The highest BCUT2D eigenvalue weighted by atomic mass is 16.5. The van der Waals surface area contributed by atoms with Crippen molar-refractivity contribution in [3.05, 3.63) is 53.7 Å². The Bertz CT molecular complexity index is 715. The summed E-state index contributed by atoms with van der Waals surface area (Å²) in [4.78, 5) is 16.7. The van der Waals surface area contributed by atoms with E-state index in [0.29, 0.717) is 24.5 Å². The quantitative estimate of drug-likeness (QED) is 0.810. The topological polar surface area (TPSA) is 72.5 Å². The van der Waals surface area contributed by atoms with Gasteiger partial charge in [-0.05, 0) is 31.0 Å². The van der Waals surface area contributed by atoms with Crippen LogP contribution in [0, 0.1) is 0 Å². The van der Waals surface area contributed by atoms with E-state index in [1.54, 1.807) is 25.4 Å². The number of amides is 1. The molecule has 1 fully saturated rings. The van der Waals surface area contributed by atoms with Gasteiger partial charge < -0.3 is 20.1 Å². The molecular formula is C19H23N3O3. The molecule has 1 saturated heterocycles. The van der Waals surface area contributed by atoms with Gasteiger partial charge in [-0.2, -0.15) is 0 Å². The number of para-hydroxylation sites is 1. The molecule has 132 valence electrons. The minimum Gasteiger partial charge on any atom is -0.496 e. The third-order valence-electron chi connectivity index (χ3n) is 4.19. The Morgan fingerprint density at radius 2 is 2.24 bits per heavy atom. The number of benzene rings is 1. The van der Waals surface area contributed by atoms with Crippen molar-refractivity contribution in [3.8, 4) is 5.75 Å². The average Bonchev–Trinajstić information content (AvgIpc) is 3.18. The summed E-state index contributed by atoms with van der Waals surface area (Å²) in [6, 6.07) is 11.1. The number of nitrogens with one attached hydrogen (secondary N) is 2. The molecule has 3 rings (SSSR count). The molecule has 1 aliphatic rings. The number of ether oxygens (including phenoxy) is 2. The second-order valence-corrected chi connectivity index (χ2v) is 5.94. The van der Waals surface area contributed by atoms with Crippen LogP contribution in [0.1, 0.15) is 28.8 Å². The number of nitrogens with zero attached hydrogens (tertiary/aromatic N) is 1. The molecule has 0 spiro atoms. The Kier molecular flexibility index (Phi) is 5.85. The number of pyridine rings is 1. The van der Waals surface area contributed by atoms with Crippen LogP contribution in [-0.2, 0) is 11.3 Å². The Balaban J connectivity index is 1.57. The van der Waals surface area contributed by atoms with Gasteiger partial charge in [-0.1, -0.05) is 18.2 Å². The zero-order valence-electron chi connectivity index (χ0n) is 14.3. The van der Waals surface area contributed by atoms with Crippen molar-refractivity contribution in [3.63, 3.8) is 0 Å². The van der Waals surface area contributed by atoms with E-state index >= 15 is 0 Å². The summed E-state index contributed by atoms with van der Waals surface area (Å²) in [5, 5.41) is 6.15. The molecule has 1 amide bonds. The number of carbonyl (C=O) groups excluding carboxylic acids is 1. The Labute approximate surface area is 147 Å². The normalized spacial score (nSPS) is 16.4. The number of hydrogen-bond donors (Lipinski definition) is 2. The minimum atomic E-state index is -0.145. The van der Waals surface area contributed by atoms with Gasteiger partial charge >= 0.3 is 0 Å². The zero-order valence-corrected chi connectivity index (χ0v) is 14.3. The van der Waals surface area contributed by atoms with E-state index in [4.69, 9.17) is 9.47 Å². The minimum absolute atomic E-state index is 0.145. The first kappa shape index (κ1) is 17.2. The van der Waals surface area contributed by atoms with Crippen LogP contribution in [0.4, 0.5) is 5.82 Å². The fraction of sp³-hybridized carbons (Fsp3) is 0.368. The average molecular weight is 341 g/mol. The van der Waals surface area contributed by atoms with E-state index in [2.05, 4.69) is 15.6 Å². The number of methoxy groups -OCH3 is 1. The second kappa shape index (κ2) is 8.48. The molecule has 1 unspecified atom stereocenters. The predicted octanol–water partition coefficient (Wildman–Crippen LogP) is 2.61. The molecule has 2 heterocycles. The van der Waals surface area contributed by atoms with Gasteiger partial charge in [-0.25, -0.2) is 4.98 Å². The van der Waals surface area contributed by atoms with Crippen LogP contribution >= 0.6 is 0 Å². The van der Waals surface area contributed by atoms with Crippen LogP contribution in [0.15, 0.2) is 42.6 Å². The highest BCUT2D eigenvalue weighted by Gasteiger charge is 2.15. The van der Waals surface area contributed by atoms with Gasteiger partial charge in [0.2, 0.25) is 0 Å². The smallest absolute Gasteiger partial charge is 0.251 e. The largest absolute Gasteiger partial charge is 0.496 e. The fourth-order valence-corrected chi connectivity index (χ4v) is 2.82. The van der Waals surface area contributed by atoms with E-state index < -0.39 is 0 Å². The summed E-state index contributed by atoms with van der Waals surface area (Å²) >= 11 is 0. The lowest BCUT2D eigenvalue weighted by molar-refractivity contribution is 0.0950. The molecule has 6 nitrogen and oxygen atoms in total. The number of carbonyl (C=O) groups is 1. The van der Waals surface area contributed by atoms with Crippen molar-refractivity contribution in [1.82, 2.24) is 10.3 Å². The zero-order chi connectivity index (χ0) is 17.5. The molecule has 2 N–H and O–H groups in total. The number of aromatic nitrogens is 1. The Hall–Kier alpha value is -2.60. The lowest BCUT2D eigenvalue weighted by Gasteiger charge is -2.12. The van der Waals surface area contributed by atoms with Gasteiger partial charge in [0, 0.05) is 37.0 Å². The maximum Gasteiger partial charge on any atom is 0.251 e. The van der Waals surface area contributed by atoms with Gasteiger partial charge in [0.1, 0.15) is 11.6 Å². The van der Waals surface area contributed by atoms with Crippen LogP contribution in [0.3, 0.4) is 0 Å². The molecular weight excluding hydrogens is 318 g/mol.